The van der Waals surface area contributed by atoms with E-state index >= 15 is 0 Å². The molecule has 0 bridgehead atoms. The minimum absolute atomic E-state index is 0.0253. The zero-order chi connectivity index (χ0) is 21.0. The Bertz CT molecular complexity index is 862. The second-order valence-electron chi connectivity index (χ2n) is 7.54. The van der Waals surface area contributed by atoms with Gasteiger partial charge in [0.1, 0.15) is 6.61 Å². The van der Waals surface area contributed by atoms with E-state index in [4.69, 9.17) is 4.74 Å². The Hall–Kier alpha value is -2.64. The third-order valence-corrected chi connectivity index (χ3v) is 5.73. The second-order valence-corrected chi connectivity index (χ2v) is 7.54. The summed E-state index contributed by atoms with van der Waals surface area (Å²) in [5.74, 6) is -0.369. The highest BCUT2D eigenvalue weighted by molar-refractivity contribution is 5.97. The molecule has 7 heteroatoms. The summed E-state index contributed by atoms with van der Waals surface area (Å²) >= 11 is 0. The molecule has 156 valence electrons. The standard InChI is InChI=1S/C22H29N3O4/c1-15-18(11-20(24(15)2)16-7-5-4-6-8-16)22(28)25-10-9-17(13-26)19(12-25)23-21(27)14-29-3/h4-8,11,17,19,26H,9-10,12-14H2,1-3H3,(H,23,27)/t17-,19-/m1/s1. The predicted molar refractivity (Wildman–Crippen MR) is 110 cm³/mol. The van der Waals surface area contributed by atoms with E-state index in [0.717, 1.165) is 17.0 Å². The summed E-state index contributed by atoms with van der Waals surface area (Å²) in [7, 11) is 3.42. The predicted octanol–water partition coefficient (Wildman–Crippen LogP) is 1.59. The quantitative estimate of drug-likeness (QED) is 0.773. The summed E-state index contributed by atoms with van der Waals surface area (Å²) in [6, 6.07) is 11.6. The van der Waals surface area contributed by atoms with Crippen molar-refractivity contribution < 1.29 is 19.4 Å². The SMILES string of the molecule is COCC(=O)N[C@@H]1CN(C(=O)c2cc(-c3ccccc3)n(C)c2C)CC[C@@H]1CO. The van der Waals surface area contributed by atoms with Crippen LogP contribution in [0.5, 0.6) is 0 Å². The maximum Gasteiger partial charge on any atom is 0.255 e. The first-order chi connectivity index (χ1) is 14.0. The van der Waals surface area contributed by atoms with E-state index in [1.54, 1.807) is 4.90 Å². The van der Waals surface area contributed by atoms with E-state index in [1.807, 2.05) is 54.9 Å². The van der Waals surface area contributed by atoms with Crippen LogP contribution < -0.4 is 5.32 Å². The molecule has 1 aliphatic rings. The zero-order valence-corrected chi connectivity index (χ0v) is 17.2. The van der Waals surface area contributed by atoms with Crippen LogP contribution >= 0.6 is 0 Å². The minimum atomic E-state index is -0.294. The van der Waals surface area contributed by atoms with Gasteiger partial charge in [0.05, 0.1) is 11.6 Å². The zero-order valence-electron chi connectivity index (χ0n) is 17.2. The third kappa shape index (κ3) is 4.52. The van der Waals surface area contributed by atoms with Crippen molar-refractivity contribution in [2.24, 2.45) is 13.0 Å². The van der Waals surface area contributed by atoms with Gasteiger partial charge in [0.15, 0.2) is 0 Å². The molecule has 0 radical (unpaired) electrons. The number of aliphatic hydroxyl groups excluding tert-OH is 1. The molecule has 29 heavy (non-hydrogen) atoms. The lowest BCUT2D eigenvalue weighted by Crippen LogP contribution is -2.55. The molecular formula is C22H29N3O4. The fraction of sp³-hybridized carbons (Fsp3) is 0.455. The average Bonchev–Trinajstić information content (AvgIpc) is 3.03. The van der Waals surface area contributed by atoms with Gasteiger partial charge in [-0.25, -0.2) is 0 Å². The van der Waals surface area contributed by atoms with Gasteiger partial charge in [-0.15, -0.1) is 0 Å². The van der Waals surface area contributed by atoms with Gasteiger partial charge in [-0.1, -0.05) is 30.3 Å². The van der Waals surface area contributed by atoms with E-state index in [0.29, 0.717) is 25.1 Å². The second kappa shape index (κ2) is 9.24. The first-order valence-corrected chi connectivity index (χ1v) is 9.86. The Morgan fingerprint density at radius 1 is 1.28 bits per heavy atom. The topological polar surface area (TPSA) is 83.8 Å². The summed E-state index contributed by atoms with van der Waals surface area (Å²) in [5.41, 5.74) is 3.61. The fourth-order valence-corrected chi connectivity index (χ4v) is 3.92. The van der Waals surface area contributed by atoms with Gasteiger partial charge < -0.3 is 24.6 Å². The van der Waals surface area contributed by atoms with E-state index in [1.165, 1.54) is 7.11 Å². The molecule has 0 unspecified atom stereocenters. The summed E-state index contributed by atoms with van der Waals surface area (Å²) in [5, 5.41) is 12.6. The summed E-state index contributed by atoms with van der Waals surface area (Å²) in [6.07, 6.45) is 0.637. The molecule has 2 atom stereocenters. The molecule has 0 aliphatic carbocycles. The van der Waals surface area contributed by atoms with Gasteiger partial charge in [0, 0.05) is 51.2 Å². The third-order valence-electron chi connectivity index (χ3n) is 5.73. The van der Waals surface area contributed by atoms with Gasteiger partial charge in [0.2, 0.25) is 5.91 Å². The van der Waals surface area contributed by atoms with Crippen molar-refractivity contribution in [1.29, 1.82) is 0 Å². The largest absolute Gasteiger partial charge is 0.396 e. The lowest BCUT2D eigenvalue weighted by atomic mass is 9.91. The van der Waals surface area contributed by atoms with Crippen molar-refractivity contribution in [3.05, 3.63) is 47.7 Å². The number of amides is 2. The molecule has 0 spiro atoms. The summed E-state index contributed by atoms with van der Waals surface area (Å²) in [4.78, 5) is 27.0. The number of aromatic nitrogens is 1. The van der Waals surface area contributed by atoms with Crippen molar-refractivity contribution in [3.63, 3.8) is 0 Å². The Morgan fingerprint density at radius 3 is 2.66 bits per heavy atom. The van der Waals surface area contributed by atoms with Gasteiger partial charge in [-0.2, -0.15) is 0 Å². The molecule has 2 amide bonds. The number of likely N-dealkylation sites (tertiary alicyclic amines) is 1. The van der Waals surface area contributed by atoms with E-state index in [-0.39, 0.29) is 37.0 Å². The number of methoxy groups -OCH3 is 1. The van der Waals surface area contributed by atoms with Gasteiger partial charge in [-0.3, -0.25) is 9.59 Å². The molecule has 3 rings (SSSR count). The van der Waals surface area contributed by atoms with Crippen LogP contribution in [0.15, 0.2) is 36.4 Å². The molecule has 1 saturated heterocycles. The lowest BCUT2D eigenvalue weighted by molar-refractivity contribution is -0.126. The van der Waals surface area contributed by atoms with Crippen molar-refractivity contribution in [1.82, 2.24) is 14.8 Å². The first-order valence-electron chi connectivity index (χ1n) is 9.86. The van der Waals surface area contributed by atoms with Gasteiger partial charge in [0.25, 0.3) is 5.91 Å². The van der Waals surface area contributed by atoms with Crippen LogP contribution in [0.1, 0.15) is 22.5 Å². The van der Waals surface area contributed by atoms with Crippen LogP contribution in [-0.2, 0) is 16.6 Å². The molecule has 1 aliphatic heterocycles. The minimum Gasteiger partial charge on any atom is -0.396 e. The van der Waals surface area contributed by atoms with Crippen molar-refractivity contribution in [2.45, 2.75) is 19.4 Å². The van der Waals surface area contributed by atoms with E-state index in [9.17, 15) is 14.7 Å². The summed E-state index contributed by atoms with van der Waals surface area (Å²) < 4.78 is 6.90. The number of benzene rings is 1. The highest BCUT2D eigenvalue weighted by atomic mass is 16.5. The Kier molecular flexibility index (Phi) is 6.71. The van der Waals surface area contributed by atoms with Crippen LogP contribution in [-0.4, -0.2) is 65.8 Å². The first kappa shape index (κ1) is 21.1. The van der Waals surface area contributed by atoms with Crippen LogP contribution in [0.2, 0.25) is 0 Å². The number of nitrogens with one attached hydrogen (secondary N) is 1. The molecule has 2 N–H and O–H groups in total. The number of hydrogen-bond donors (Lipinski definition) is 2. The number of piperidine rings is 1. The number of carbonyl (C=O) groups excluding carboxylic acids is 2. The Labute approximate surface area is 171 Å². The highest BCUT2D eigenvalue weighted by Gasteiger charge is 2.33. The maximum atomic E-state index is 13.3. The monoisotopic (exact) mass is 399 g/mol. The van der Waals surface area contributed by atoms with Crippen LogP contribution in [0.3, 0.4) is 0 Å². The number of aliphatic hydroxyl groups is 1. The molecule has 0 saturated carbocycles. The summed E-state index contributed by atoms with van der Waals surface area (Å²) in [6.45, 7) is 2.80. The van der Waals surface area contributed by atoms with E-state index < -0.39 is 0 Å². The Balaban J connectivity index is 1.80. The smallest absolute Gasteiger partial charge is 0.255 e. The van der Waals surface area contributed by atoms with Gasteiger partial charge >= 0.3 is 0 Å². The van der Waals surface area contributed by atoms with Crippen molar-refractivity contribution in [2.75, 3.05) is 33.4 Å². The van der Waals surface area contributed by atoms with Crippen molar-refractivity contribution >= 4 is 11.8 Å². The molecule has 7 nitrogen and oxygen atoms in total. The van der Waals surface area contributed by atoms with Crippen LogP contribution in [0.4, 0.5) is 0 Å². The highest BCUT2D eigenvalue weighted by Crippen LogP contribution is 2.27. The molecule has 1 aromatic carbocycles. The maximum absolute atomic E-state index is 13.3. The molecule has 1 aromatic heterocycles. The number of hydrogen-bond acceptors (Lipinski definition) is 4. The number of rotatable bonds is 6. The number of carbonyl (C=O) groups is 2. The molecule has 1 fully saturated rings. The van der Waals surface area contributed by atoms with Crippen LogP contribution in [0, 0.1) is 12.8 Å². The Morgan fingerprint density at radius 2 is 2.00 bits per heavy atom. The molecular weight excluding hydrogens is 370 g/mol. The number of ether oxygens (including phenoxy) is 1. The normalized spacial score (nSPS) is 19.2. The molecule has 2 aromatic rings. The van der Waals surface area contributed by atoms with Crippen molar-refractivity contribution in [3.8, 4) is 11.3 Å². The average molecular weight is 399 g/mol. The van der Waals surface area contributed by atoms with Gasteiger partial charge in [-0.05, 0) is 25.0 Å². The van der Waals surface area contributed by atoms with E-state index in [2.05, 4.69) is 5.32 Å². The molecule has 2 heterocycles. The fourth-order valence-electron chi connectivity index (χ4n) is 3.92. The lowest BCUT2D eigenvalue weighted by Gasteiger charge is -2.38. The number of nitrogens with zero attached hydrogens (tertiary/aromatic N) is 2. The van der Waals surface area contributed by atoms with Crippen LogP contribution in [0.25, 0.3) is 11.3 Å².